The van der Waals surface area contributed by atoms with Gasteiger partial charge in [-0.05, 0) is 5.92 Å². The number of hydrogen-bond donors (Lipinski definition) is 0. The Morgan fingerprint density at radius 3 is 2.38 bits per heavy atom. The van der Waals surface area contributed by atoms with Crippen LogP contribution >= 0.6 is 0 Å². The molecule has 0 spiro atoms. The fourth-order valence-corrected chi connectivity index (χ4v) is 0.725. The van der Waals surface area contributed by atoms with Crippen molar-refractivity contribution in [1.29, 1.82) is 0 Å². The zero-order valence-electron chi connectivity index (χ0n) is 8.07. The SMILES string of the molecule is COC(=O)/C=C/[C@H](C)CC(=O)OC. The van der Waals surface area contributed by atoms with Crippen LogP contribution in [0.3, 0.4) is 0 Å². The molecule has 0 unspecified atom stereocenters. The van der Waals surface area contributed by atoms with E-state index in [0.717, 1.165) is 0 Å². The minimum Gasteiger partial charge on any atom is -0.469 e. The highest BCUT2D eigenvalue weighted by Gasteiger charge is 2.05. The standard InChI is InChI=1S/C9H14O4/c1-7(6-9(11)13-3)4-5-8(10)12-2/h4-5,7H,6H2,1-3H3/b5-4+/t7-/m0/s1. The van der Waals surface area contributed by atoms with Gasteiger partial charge in [0.1, 0.15) is 0 Å². The molecule has 0 saturated carbocycles. The molecule has 0 heterocycles. The molecular formula is C9H14O4. The van der Waals surface area contributed by atoms with Crippen molar-refractivity contribution in [3.63, 3.8) is 0 Å². The monoisotopic (exact) mass is 186 g/mol. The maximum absolute atomic E-state index is 10.8. The van der Waals surface area contributed by atoms with Gasteiger partial charge in [-0.25, -0.2) is 4.79 Å². The number of allylic oxidation sites excluding steroid dienone is 1. The fraction of sp³-hybridized carbons (Fsp3) is 0.556. The van der Waals surface area contributed by atoms with E-state index >= 15 is 0 Å². The Kier molecular flexibility index (Phi) is 5.59. The van der Waals surface area contributed by atoms with E-state index in [4.69, 9.17) is 0 Å². The lowest BCUT2D eigenvalue weighted by atomic mass is 10.1. The number of carbonyl (C=O) groups excluding carboxylic acids is 2. The summed E-state index contributed by atoms with van der Waals surface area (Å²) < 4.78 is 8.85. The van der Waals surface area contributed by atoms with Crippen LogP contribution in [0.1, 0.15) is 13.3 Å². The molecular weight excluding hydrogens is 172 g/mol. The first kappa shape index (κ1) is 11.7. The van der Waals surface area contributed by atoms with Crippen LogP contribution in [0.25, 0.3) is 0 Å². The van der Waals surface area contributed by atoms with Crippen molar-refractivity contribution < 1.29 is 19.1 Å². The van der Waals surface area contributed by atoms with Gasteiger partial charge in [0.2, 0.25) is 0 Å². The number of esters is 2. The highest BCUT2D eigenvalue weighted by atomic mass is 16.5. The summed E-state index contributed by atoms with van der Waals surface area (Å²) in [5, 5.41) is 0. The molecule has 4 nitrogen and oxygen atoms in total. The highest BCUT2D eigenvalue weighted by Crippen LogP contribution is 2.04. The quantitative estimate of drug-likeness (QED) is 0.484. The van der Waals surface area contributed by atoms with Gasteiger partial charge in [-0.3, -0.25) is 4.79 Å². The highest BCUT2D eigenvalue weighted by molar-refractivity contribution is 5.81. The van der Waals surface area contributed by atoms with Crippen molar-refractivity contribution in [3.8, 4) is 0 Å². The molecule has 0 aromatic rings. The molecule has 0 radical (unpaired) electrons. The largest absolute Gasteiger partial charge is 0.469 e. The maximum Gasteiger partial charge on any atom is 0.330 e. The third kappa shape index (κ3) is 5.90. The summed E-state index contributed by atoms with van der Waals surface area (Å²) >= 11 is 0. The minimum absolute atomic E-state index is 0.0217. The van der Waals surface area contributed by atoms with Crippen LogP contribution < -0.4 is 0 Å². The van der Waals surface area contributed by atoms with Crippen LogP contribution in [-0.2, 0) is 19.1 Å². The van der Waals surface area contributed by atoms with E-state index in [0.29, 0.717) is 0 Å². The third-order valence-electron chi connectivity index (χ3n) is 1.48. The molecule has 0 N–H and O–H groups in total. The summed E-state index contributed by atoms with van der Waals surface area (Å²) in [6, 6.07) is 0. The second-order valence-electron chi connectivity index (χ2n) is 2.64. The van der Waals surface area contributed by atoms with E-state index in [1.807, 2.05) is 6.92 Å². The molecule has 0 aliphatic carbocycles. The van der Waals surface area contributed by atoms with Crippen LogP contribution in [0, 0.1) is 5.92 Å². The lowest BCUT2D eigenvalue weighted by molar-refractivity contribution is -0.141. The number of ether oxygens (including phenoxy) is 2. The summed E-state index contributed by atoms with van der Waals surface area (Å²) in [7, 11) is 2.64. The van der Waals surface area contributed by atoms with Gasteiger partial charge in [-0.15, -0.1) is 0 Å². The third-order valence-corrected chi connectivity index (χ3v) is 1.48. The van der Waals surface area contributed by atoms with Crippen LogP contribution in [0.15, 0.2) is 12.2 Å². The molecule has 13 heavy (non-hydrogen) atoms. The maximum atomic E-state index is 10.8. The predicted molar refractivity (Wildman–Crippen MR) is 47.0 cm³/mol. The van der Waals surface area contributed by atoms with Gasteiger partial charge in [0.25, 0.3) is 0 Å². The molecule has 0 aliphatic rings. The Hall–Kier alpha value is -1.32. The Bertz CT molecular complexity index is 208. The van der Waals surface area contributed by atoms with Crippen molar-refractivity contribution in [2.45, 2.75) is 13.3 Å². The van der Waals surface area contributed by atoms with Gasteiger partial charge in [0.05, 0.1) is 20.6 Å². The normalized spacial score (nSPS) is 12.5. The van der Waals surface area contributed by atoms with E-state index in [2.05, 4.69) is 9.47 Å². The van der Waals surface area contributed by atoms with Crippen molar-refractivity contribution in [2.24, 2.45) is 5.92 Å². The molecule has 0 rings (SSSR count). The molecule has 0 saturated heterocycles. The minimum atomic E-state index is -0.420. The van der Waals surface area contributed by atoms with Gasteiger partial charge >= 0.3 is 11.9 Å². The zero-order chi connectivity index (χ0) is 10.3. The van der Waals surface area contributed by atoms with Gasteiger partial charge in [-0.1, -0.05) is 13.0 Å². The van der Waals surface area contributed by atoms with E-state index < -0.39 is 5.97 Å². The summed E-state index contributed by atoms with van der Waals surface area (Å²) in [6.45, 7) is 1.82. The topological polar surface area (TPSA) is 52.6 Å². The van der Waals surface area contributed by atoms with E-state index in [1.54, 1.807) is 6.08 Å². The van der Waals surface area contributed by atoms with Crippen LogP contribution in [-0.4, -0.2) is 26.2 Å². The first-order chi connectivity index (χ1) is 6.10. The molecule has 0 amide bonds. The number of carbonyl (C=O) groups is 2. The second-order valence-corrected chi connectivity index (χ2v) is 2.64. The lowest BCUT2D eigenvalue weighted by Gasteiger charge is -2.02. The van der Waals surface area contributed by atoms with E-state index in [9.17, 15) is 9.59 Å². The molecule has 0 fully saturated rings. The summed E-state index contributed by atoms with van der Waals surface area (Å²) in [4.78, 5) is 21.4. The Balaban J connectivity index is 3.86. The van der Waals surface area contributed by atoms with Gasteiger partial charge in [0, 0.05) is 6.08 Å². The van der Waals surface area contributed by atoms with Crippen molar-refractivity contribution in [1.82, 2.24) is 0 Å². The molecule has 74 valence electrons. The average Bonchev–Trinajstić information content (AvgIpc) is 2.13. The van der Waals surface area contributed by atoms with Gasteiger partial charge in [-0.2, -0.15) is 0 Å². The number of rotatable bonds is 4. The summed E-state index contributed by atoms with van der Waals surface area (Å²) in [5.41, 5.74) is 0. The van der Waals surface area contributed by atoms with Crippen molar-refractivity contribution >= 4 is 11.9 Å². The molecule has 0 bridgehead atoms. The van der Waals surface area contributed by atoms with E-state index in [1.165, 1.54) is 20.3 Å². The van der Waals surface area contributed by atoms with Crippen LogP contribution in [0.2, 0.25) is 0 Å². The molecule has 0 aliphatic heterocycles. The number of hydrogen-bond acceptors (Lipinski definition) is 4. The fourth-order valence-electron chi connectivity index (χ4n) is 0.725. The van der Waals surface area contributed by atoms with Crippen molar-refractivity contribution in [3.05, 3.63) is 12.2 Å². The molecule has 0 aromatic carbocycles. The number of methoxy groups -OCH3 is 2. The zero-order valence-corrected chi connectivity index (χ0v) is 8.07. The van der Waals surface area contributed by atoms with Crippen LogP contribution in [0.5, 0.6) is 0 Å². The Morgan fingerprint density at radius 2 is 1.92 bits per heavy atom. The second kappa shape index (κ2) is 6.22. The molecule has 1 atom stereocenters. The van der Waals surface area contributed by atoms with Crippen molar-refractivity contribution in [2.75, 3.05) is 14.2 Å². The predicted octanol–water partition coefficient (Wildman–Crippen LogP) is 0.915. The molecule has 4 heteroatoms. The first-order valence-electron chi connectivity index (χ1n) is 3.93. The Labute approximate surface area is 77.5 Å². The Morgan fingerprint density at radius 1 is 1.31 bits per heavy atom. The van der Waals surface area contributed by atoms with Crippen LogP contribution in [0.4, 0.5) is 0 Å². The van der Waals surface area contributed by atoms with Gasteiger partial charge < -0.3 is 9.47 Å². The summed E-state index contributed by atoms with van der Waals surface area (Å²) in [6.07, 6.45) is 3.18. The van der Waals surface area contributed by atoms with Gasteiger partial charge in [0.15, 0.2) is 0 Å². The first-order valence-corrected chi connectivity index (χ1v) is 3.93. The summed E-state index contributed by atoms with van der Waals surface area (Å²) in [5.74, 6) is -0.731. The van der Waals surface area contributed by atoms with E-state index in [-0.39, 0.29) is 18.3 Å². The average molecular weight is 186 g/mol. The molecule has 0 aromatic heterocycles. The smallest absolute Gasteiger partial charge is 0.330 e. The lowest BCUT2D eigenvalue weighted by Crippen LogP contribution is -2.05.